The minimum atomic E-state index is 0.716. The Labute approximate surface area is 122 Å². The van der Waals surface area contributed by atoms with Crippen molar-refractivity contribution in [2.24, 2.45) is 0 Å². The van der Waals surface area contributed by atoms with Crippen molar-refractivity contribution in [2.75, 3.05) is 6.61 Å². The van der Waals surface area contributed by atoms with Gasteiger partial charge in [-0.1, -0.05) is 42.5 Å². The van der Waals surface area contributed by atoms with Crippen molar-refractivity contribution in [3.8, 4) is 0 Å². The maximum absolute atomic E-state index is 5.66. The van der Waals surface area contributed by atoms with Crippen LogP contribution in [0.1, 0.15) is 17.5 Å². The van der Waals surface area contributed by atoms with Gasteiger partial charge in [-0.25, -0.2) is 0 Å². The summed E-state index contributed by atoms with van der Waals surface area (Å²) in [4.78, 5) is 0. The van der Waals surface area contributed by atoms with Crippen molar-refractivity contribution in [1.82, 2.24) is 0 Å². The second-order valence-corrected chi connectivity index (χ2v) is 5.51. The van der Waals surface area contributed by atoms with Crippen LogP contribution in [0, 0.1) is 3.57 Å². The molecule has 0 aliphatic carbocycles. The van der Waals surface area contributed by atoms with E-state index < -0.39 is 0 Å². The molecule has 0 amide bonds. The smallest absolute Gasteiger partial charge is 0.0716 e. The van der Waals surface area contributed by atoms with Crippen molar-refractivity contribution >= 4 is 22.6 Å². The first-order valence-corrected chi connectivity index (χ1v) is 7.28. The molecule has 0 N–H and O–H groups in total. The van der Waals surface area contributed by atoms with Crippen LogP contribution in [0.4, 0.5) is 0 Å². The van der Waals surface area contributed by atoms with Gasteiger partial charge in [0.15, 0.2) is 0 Å². The molecule has 0 aromatic heterocycles. The molecule has 0 unspecified atom stereocenters. The first kappa shape index (κ1) is 13.6. The van der Waals surface area contributed by atoms with Gasteiger partial charge >= 0.3 is 0 Å². The van der Waals surface area contributed by atoms with Crippen LogP contribution < -0.4 is 0 Å². The Morgan fingerprint density at radius 2 is 1.56 bits per heavy atom. The highest BCUT2D eigenvalue weighted by Gasteiger charge is 1.95. The van der Waals surface area contributed by atoms with Crippen LogP contribution >= 0.6 is 22.6 Å². The third-order valence-corrected chi connectivity index (χ3v) is 3.50. The van der Waals surface area contributed by atoms with Crippen molar-refractivity contribution < 1.29 is 4.74 Å². The van der Waals surface area contributed by atoms with E-state index in [2.05, 4.69) is 59.0 Å². The molecule has 2 rings (SSSR count). The average molecular weight is 352 g/mol. The molecule has 0 saturated carbocycles. The zero-order valence-corrected chi connectivity index (χ0v) is 12.5. The van der Waals surface area contributed by atoms with Crippen LogP contribution in [0.5, 0.6) is 0 Å². The lowest BCUT2D eigenvalue weighted by Gasteiger charge is -2.04. The third-order valence-electron chi connectivity index (χ3n) is 2.78. The summed E-state index contributed by atoms with van der Waals surface area (Å²) in [7, 11) is 0. The van der Waals surface area contributed by atoms with Gasteiger partial charge in [0.1, 0.15) is 0 Å². The third kappa shape index (κ3) is 4.78. The molecule has 2 aromatic rings. The predicted molar refractivity (Wildman–Crippen MR) is 83.6 cm³/mol. The van der Waals surface area contributed by atoms with Gasteiger partial charge in [0.25, 0.3) is 0 Å². The van der Waals surface area contributed by atoms with E-state index in [0.717, 1.165) is 19.4 Å². The van der Waals surface area contributed by atoms with Crippen LogP contribution in [-0.4, -0.2) is 6.61 Å². The summed E-state index contributed by atoms with van der Waals surface area (Å²) < 4.78 is 6.95. The Morgan fingerprint density at radius 3 is 2.28 bits per heavy atom. The minimum absolute atomic E-state index is 0.716. The lowest BCUT2D eigenvalue weighted by molar-refractivity contribution is 0.118. The zero-order chi connectivity index (χ0) is 12.6. The largest absolute Gasteiger partial charge is 0.377 e. The van der Waals surface area contributed by atoms with Crippen LogP contribution in [0.15, 0.2) is 54.6 Å². The fourth-order valence-corrected chi connectivity index (χ4v) is 2.15. The Kier molecular flexibility index (Phi) is 5.68. The maximum Gasteiger partial charge on any atom is 0.0716 e. The summed E-state index contributed by atoms with van der Waals surface area (Å²) >= 11 is 2.33. The van der Waals surface area contributed by atoms with Crippen LogP contribution in [-0.2, 0) is 17.8 Å². The number of aryl methyl sites for hydroxylation is 1. The van der Waals surface area contributed by atoms with Crippen LogP contribution in [0.25, 0.3) is 0 Å². The molecule has 0 saturated heterocycles. The summed E-state index contributed by atoms with van der Waals surface area (Å²) in [5.41, 5.74) is 2.63. The Hall–Kier alpha value is -0.870. The zero-order valence-electron chi connectivity index (χ0n) is 10.3. The van der Waals surface area contributed by atoms with Gasteiger partial charge in [0, 0.05) is 10.2 Å². The molecule has 2 heteroatoms. The quantitative estimate of drug-likeness (QED) is 0.552. The number of hydrogen-bond donors (Lipinski definition) is 0. The molecule has 0 fully saturated rings. The van der Waals surface area contributed by atoms with Gasteiger partial charge in [0.05, 0.1) is 6.61 Å². The summed E-state index contributed by atoms with van der Waals surface area (Å²) in [6, 6.07) is 19.0. The maximum atomic E-state index is 5.66. The Bertz CT molecular complexity index is 450. The van der Waals surface area contributed by atoms with E-state index in [-0.39, 0.29) is 0 Å². The average Bonchev–Trinajstić information content (AvgIpc) is 2.42. The van der Waals surface area contributed by atoms with E-state index in [1.807, 2.05) is 18.2 Å². The lowest BCUT2D eigenvalue weighted by atomic mass is 10.1. The van der Waals surface area contributed by atoms with Crippen LogP contribution in [0.3, 0.4) is 0 Å². The van der Waals surface area contributed by atoms with Gasteiger partial charge in [-0.2, -0.15) is 0 Å². The van der Waals surface area contributed by atoms with Crippen molar-refractivity contribution in [1.29, 1.82) is 0 Å². The number of rotatable bonds is 6. The molecule has 0 aliphatic rings. The first-order chi connectivity index (χ1) is 8.84. The molecular formula is C16H17IO. The van der Waals surface area contributed by atoms with E-state index >= 15 is 0 Å². The summed E-state index contributed by atoms with van der Waals surface area (Å²) in [6.45, 7) is 1.54. The van der Waals surface area contributed by atoms with E-state index in [0.29, 0.717) is 6.61 Å². The molecule has 2 aromatic carbocycles. The molecule has 1 nitrogen and oxygen atoms in total. The summed E-state index contributed by atoms with van der Waals surface area (Å²) in [5.74, 6) is 0. The molecule has 0 radical (unpaired) electrons. The SMILES string of the molecule is Ic1ccc(CCCOCc2ccccc2)cc1. The van der Waals surface area contributed by atoms with Gasteiger partial charge < -0.3 is 4.74 Å². The lowest BCUT2D eigenvalue weighted by Crippen LogP contribution is -1.97. The highest BCUT2D eigenvalue weighted by atomic mass is 127. The standard InChI is InChI=1S/C16H17IO/c17-16-10-8-14(9-11-16)7-4-12-18-13-15-5-2-1-3-6-15/h1-3,5-6,8-11H,4,7,12-13H2. The van der Waals surface area contributed by atoms with E-state index in [9.17, 15) is 0 Å². The van der Waals surface area contributed by atoms with Gasteiger partial charge in [0.2, 0.25) is 0 Å². The van der Waals surface area contributed by atoms with Gasteiger partial charge in [-0.3, -0.25) is 0 Å². The molecule has 0 spiro atoms. The van der Waals surface area contributed by atoms with Crippen molar-refractivity contribution in [3.05, 3.63) is 69.3 Å². The Balaban J connectivity index is 1.63. The molecule has 0 bridgehead atoms. The number of ether oxygens (including phenoxy) is 1. The van der Waals surface area contributed by atoms with Gasteiger partial charge in [-0.05, 0) is 58.7 Å². The summed E-state index contributed by atoms with van der Waals surface area (Å²) in [5, 5.41) is 0. The monoisotopic (exact) mass is 352 g/mol. The minimum Gasteiger partial charge on any atom is -0.377 e. The number of halogens is 1. The highest BCUT2D eigenvalue weighted by molar-refractivity contribution is 14.1. The molecule has 0 heterocycles. The van der Waals surface area contributed by atoms with Crippen molar-refractivity contribution in [2.45, 2.75) is 19.4 Å². The second kappa shape index (κ2) is 7.54. The predicted octanol–water partition coefficient (Wildman–Crippen LogP) is 4.44. The first-order valence-electron chi connectivity index (χ1n) is 6.21. The van der Waals surface area contributed by atoms with E-state index in [1.165, 1.54) is 14.7 Å². The molecule has 0 aliphatic heterocycles. The molecule has 0 atom stereocenters. The fourth-order valence-electron chi connectivity index (χ4n) is 1.79. The van der Waals surface area contributed by atoms with Gasteiger partial charge in [-0.15, -0.1) is 0 Å². The fraction of sp³-hybridized carbons (Fsp3) is 0.250. The molecule has 94 valence electrons. The Morgan fingerprint density at radius 1 is 0.833 bits per heavy atom. The normalized spacial score (nSPS) is 10.5. The number of benzene rings is 2. The second-order valence-electron chi connectivity index (χ2n) is 4.27. The van der Waals surface area contributed by atoms with Crippen molar-refractivity contribution in [3.63, 3.8) is 0 Å². The highest BCUT2D eigenvalue weighted by Crippen LogP contribution is 2.09. The topological polar surface area (TPSA) is 9.23 Å². The van der Waals surface area contributed by atoms with E-state index in [4.69, 9.17) is 4.74 Å². The van der Waals surface area contributed by atoms with E-state index in [1.54, 1.807) is 0 Å². The van der Waals surface area contributed by atoms with Crippen LogP contribution in [0.2, 0.25) is 0 Å². The molecular weight excluding hydrogens is 335 g/mol. The molecule has 18 heavy (non-hydrogen) atoms. The number of hydrogen-bond acceptors (Lipinski definition) is 1. The summed E-state index contributed by atoms with van der Waals surface area (Å²) in [6.07, 6.45) is 2.17.